The zero-order valence-electron chi connectivity index (χ0n) is 14.8. The summed E-state index contributed by atoms with van der Waals surface area (Å²) in [6, 6.07) is 2.97. The Morgan fingerprint density at radius 1 is 1.25 bits per heavy atom. The monoisotopic (exact) mass is 398 g/mol. The zero-order chi connectivity index (χ0) is 19.9. The molecule has 2 aliphatic heterocycles. The Labute approximate surface area is 157 Å². The molecule has 0 radical (unpaired) electrons. The van der Waals surface area contributed by atoms with Gasteiger partial charge in [-0.05, 0) is 42.6 Å². The third-order valence-electron chi connectivity index (χ3n) is 5.04. The van der Waals surface area contributed by atoms with Crippen molar-refractivity contribution in [2.75, 3.05) is 18.1 Å². The van der Waals surface area contributed by atoms with Crippen LogP contribution in [0.1, 0.15) is 29.5 Å². The molecule has 2 N–H and O–H groups in total. The van der Waals surface area contributed by atoms with Crippen molar-refractivity contribution in [1.82, 2.24) is 15.5 Å². The third-order valence-corrected chi connectivity index (χ3v) is 5.04. The smallest absolute Gasteiger partial charge is 0.423 e. The number of halogens is 4. The van der Waals surface area contributed by atoms with E-state index in [-0.39, 0.29) is 30.6 Å². The van der Waals surface area contributed by atoms with E-state index in [1.165, 1.54) is 17.0 Å². The van der Waals surface area contributed by atoms with Gasteiger partial charge < -0.3 is 15.0 Å². The molecule has 0 aliphatic carbocycles. The van der Waals surface area contributed by atoms with Gasteiger partial charge in [-0.1, -0.05) is 0 Å². The van der Waals surface area contributed by atoms with E-state index >= 15 is 0 Å². The second-order valence-electron chi connectivity index (χ2n) is 6.97. The summed E-state index contributed by atoms with van der Waals surface area (Å²) >= 11 is 0. The molecular weight excluding hydrogens is 380 g/mol. The van der Waals surface area contributed by atoms with Gasteiger partial charge in [-0.25, -0.2) is 9.49 Å². The van der Waals surface area contributed by atoms with Crippen LogP contribution >= 0.6 is 0 Å². The zero-order valence-corrected chi connectivity index (χ0v) is 14.8. The first-order valence-electron chi connectivity index (χ1n) is 8.90. The number of benzene rings is 1. The van der Waals surface area contributed by atoms with E-state index in [0.29, 0.717) is 17.7 Å². The summed E-state index contributed by atoms with van der Waals surface area (Å²) in [6.45, 7) is 1.38. The highest BCUT2D eigenvalue weighted by Crippen LogP contribution is 2.38. The van der Waals surface area contributed by atoms with Crippen LogP contribution in [0.5, 0.6) is 5.75 Å². The summed E-state index contributed by atoms with van der Waals surface area (Å²) in [4.78, 5) is 13.0. The highest BCUT2D eigenvalue weighted by atomic mass is 19.4. The maximum absolute atomic E-state index is 14.4. The number of aromatic amines is 1. The molecule has 0 bridgehead atoms. The minimum absolute atomic E-state index is 0.0466. The van der Waals surface area contributed by atoms with Crippen LogP contribution in [0.15, 0.2) is 23.1 Å². The van der Waals surface area contributed by atoms with E-state index in [4.69, 9.17) is 4.74 Å². The number of ether oxygens (including phenoxy) is 1. The SMILES string of the molecule is O=c1[nH]ncc(N2Cc3cc(F)c(OCC4CCCN4)cc3C2)c1C(F)(F)F. The molecule has 4 rings (SSSR count). The molecule has 1 fully saturated rings. The Kier molecular flexibility index (Phi) is 4.74. The predicted octanol–water partition coefficient (Wildman–Crippen LogP) is 2.58. The van der Waals surface area contributed by atoms with Crippen LogP contribution < -0.4 is 20.5 Å². The van der Waals surface area contributed by atoms with Crippen molar-refractivity contribution in [2.45, 2.75) is 38.1 Å². The number of rotatable bonds is 4. The molecule has 2 aromatic rings. The van der Waals surface area contributed by atoms with Gasteiger partial charge in [-0.2, -0.15) is 18.3 Å². The molecule has 1 aromatic heterocycles. The molecule has 1 atom stereocenters. The van der Waals surface area contributed by atoms with Crippen LogP contribution in [0, 0.1) is 5.82 Å². The lowest BCUT2D eigenvalue weighted by Gasteiger charge is -2.21. The number of alkyl halides is 3. The molecule has 28 heavy (non-hydrogen) atoms. The summed E-state index contributed by atoms with van der Waals surface area (Å²) in [6.07, 6.45) is -1.86. The van der Waals surface area contributed by atoms with Crippen LogP contribution in [0.4, 0.5) is 23.2 Å². The molecule has 0 saturated carbocycles. The third kappa shape index (κ3) is 3.56. The molecule has 10 heteroatoms. The normalized spacial score (nSPS) is 19.1. The molecule has 1 aromatic carbocycles. The van der Waals surface area contributed by atoms with Crippen LogP contribution in [-0.2, 0) is 19.3 Å². The van der Waals surface area contributed by atoms with Crippen LogP contribution in [0.25, 0.3) is 0 Å². The number of H-pyrrole nitrogens is 1. The maximum Gasteiger partial charge on any atom is 0.423 e. The van der Waals surface area contributed by atoms with Crippen molar-refractivity contribution < 1.29 is 22.3 Å². The van der Waals surface area contributed by atoms with Gasteiger partial charge in [0, 0.05) is 19.1 Å². The lowest BCUT2D eigenvalue weighted by Crippen LogP contribution is -2.28. The van der Waals surface area contributed by atoms with Crippen molar-refractivity contribution in [1.29, 1.82) is 0 Å². The van der Waals surface area contributed by atoms with E-state index < -0.39 is 23.1 Å². The fourth-order valence-corrected chi connectivity index (χ4v) is 3.67. The number of nitrogens with one attached hydrogen (secondary N) is 2. The molecule has 2 aliphatic rings. The van der Waals surface area contributed by atoms with Gasteiger partial charge in [-0.15, -0.1) is 0 Å². The molecule has 0 amide bonds. The fraction of sp³-hybridized carbons (Fsp3) is 0.444. The molecule has 1 saturated heterocycles. The molecule has 0 spiro atoms. The minimum atomic E-state index is -4.82. The lowest BCUT2D eigenvalue weighted by molar-refractivity contribution is -0.138. The van der Waals surface area contributed by atoms with Crippen LogP contribution in [0.2, 0.25) is 0 Å². The molecule has 150 valence electrons. The van der Waals surface area contributed by atoms with Gasteiger partial charge >= 0.3 is 6.18 Å². The van der Waals surface area contributed by atoms with E-state index in [2.05, 4.69) is 10.4 Å². The van der Waals surface area contributed by atoms with Gasteiger partial charge in [0.25, 0.3) is 5.56 Å². The van der Waals surface area contributed by atoms with Crippen LogP contribution in [-0.4, -0.2) is 29.4 Å². The van der Waals surface area contributed by atoms with Crippen molar-refractivity contribution in [2.24, 2.45) is 0 Å². The van der Waals surface area contributed by atoms with Gasteiger partial charge in [0.05, 0.1) is 11.9 Å². The van der Waals surface area contributed by atoms with E-state index in [9.17, 15) is 22.4 Å². The van der Waals surface area contributed by atoms with Crippen molar-refractivity contribution >= 4 is 5.69 Å². The summed E-state index contributed by atoms with van der Waals surface area (Å²) in [5.41, 5.74) is -1.73. The average Bonchev–Trinajstić information content (AvgIpc) is 3.27. The standard InChI is InChI=1S/C18H18F4N4O2/c19-13-4-10-7-26(14-6-24-25-17(27)16(14)18(20,21)22)8-11(10)5-15(13)28-9-12-2-1-3-23-12/h4-6,12,23H,1-3,7-9H2,(H,25,27). The molecule has 6 nitrogen and oxygen atoms in total. The Morgan fingerprint density at radius 3 is 2.68 bits per heavy atom. The topological polar surface area (TPSA) is 70.2 Å². The van der Waals surface area contributed by atoms with Crippen molar-refractivity contribution in [3.8, 4) is 5.75 Å². The molecular formula is C18H18F4N4O2. The number of nitrogens with zero attached hydrogens (tertiary/aromatic N) is 2. The quantitative estimate of drug-likeness (QED) is 0.775. The molecule has 1 unspecified atom stereocenters. The number of fused-ring (bicyclic) bond motifs is 1. The van der Waals surface area contributed by atoms with Gasteiger partial charge in [0.15, 0.2) is 11.6 Å². The van der Waals surface area contributed by atoms with Crippen molar-refractivity contribution in [3.05, 3.63) is 51.2 Å². The number of anilines is 1. The Bertz CT molecular complexity index is 938. The van der Waals surface area contributed by atoms with Gasteiger partial charge in [0.2, 0.25) is 0 Å². The first-order valence-corrected chi connectivity index (χ1v) is 8.90. The summed E-state index contributed by atoms with van der Waals surface area (Å²) in [7, 11) is 0. The van der Waals surface area contributed by atoms with Gasteiger partial charge in [0.1, 0.15) is 12.2 Å². The van der Waals surface area contributed by atoms with Crippen LogP contribution in [0.3, 0.4) is 0 Å². The number of aromatic nitrogens is 2. The first kappa shape index (κ1) is 18.7. The second kappa shape index (κ2) is 7.08. The summed E-state index contributed by atoms with van der Waals surface area (Å²) < 4.78 is 59.9. The minimum Gasteiger partial charge on any atom is -0.489 e. The summed E-state index contributed by atoms with van der Waals surface area (Å²) in [5.74, 6) is -0.479. The van der Waals surface area contributed by atoms with Crippen molar-refractivity contribution in [3.63, 3.8) is 0 Å². The predicted molar refractivity (Wildman–Crippen MR) is 92.7 cm³/mol. The Morgan fingerprint density at radius 2 is 2.00 bits per heavy atom. The second-order valence-corrected chi connectivity index (χ2v) is 6.97. The summed E-state index contributed by atoms with van der Waals surface area (Å²) in [5, 5.41) is 8.56. The average molecular weight is 398 g/mol. The largest absolute Gasteiger partial charge is 0.489 e. The van der Waals surface area contributed by atoms with E-state index in [1.807, 2.05) is 5.10 Å². The van der Waals surface area contributed by atoms with E-state index in [0.717, 1.165) is 25.6 Å². The number of hydrogen-bond donors (Lipinski definition) is 2. The Hall–Kier alpha value is -2.62. The van der Waals surface area contributed by atoms with E-state index in [1.54, 1.807) is 0 Å². The maximum atomic E-state index is 14.4. The fourth-order valence-electron chi connectivity index (χ4n) is 3.67. The highest BCUT2D eigenvalue weighted by Gasteiger charge is 2.39. The first-order chi connectivity index (χ1) is 13.3. The number of hydrogen-bond acceptors (Lipinski definition) is 5. The van der Waals surface area contributed by atoms with Gasteiger partial charge in [-0.3, -0.25) is 4.79 Å². The lowest BCUT2D eigenvalue weighted by atomic mass is 10.1. The molecule has 3 heterocycles. The Balaban J connectivity index is 1.57. The highest BCUT2D eigenvalue weighted by molar-refractivity contribution is 5.57.